The fourth-order valence-electron chi connectivity index (χ4n) is 0.918. The van der Waals surface area contributed by atoms with Crippen molar-refractivity contribution in [2.45, 2.75) is 13.8 Å². The Balaban J connectivity index is 2.56. The minimum absolute atomic E-state index is 0.134. The molecule has 0 atom stereocenters. The smallest absolute Gasteiger partial charge is 0.357 e. The molecule has 0 radical (unpaired) electrons. The molecule has 0 bridgehead atoms. The summed E-state index contributed by atoms with van der Waals surface area (Å²) in [5, 5.41) is 4.66. The molecule has 0 aromatic carbocycles. The molecule has 17 heavy (non-hydrogen) atoms. The first kappa shape index (κ1) is 13.2. The van der Waals surface area contributed by atoms with E-state index >= 15 is 0 Å². The van der Waals surface area contributed by atoms with Crippen LogP contribution in [0.2, 0.25) is 0 Å². The van der Waals surface area contributed by atoms with Gasteiger partial charge in [-0.3, -0.25) is 4.79 Å². The van der Waals surface area contributed by atoms with Crippen LogP contribution in [0.5, 0.6) is 0 Å². The second-order valence-electron chi connectivity index (χ2n) is 2.97. The average Bonchev–Trinajstić information content (AvgIpc) is 2.73. The van der Waals surface area contributed by atoms with Crippen LogP contribution in [0, 0.1) is 11.8 Å². The minimum Gasteiger partial charge on any atom is -0.461 e. The Kier molecular flexibility index (Phi) is 5.17. The van der Waals surface area contributed by atoms with Crippen LogP contribution in [0.3, 0.4) is 0 Å². The van der Waals surface area contributed by atoms with E-state index in [0.29, 0.717) is 11.6 Å². The number of nitrogens with zero attached hydrogens (tertiary/aromatic N) is 1. The number of nitrogens with one attached hydrogen (secondary N) is 1. The van der Waals surface area contributed by atoms with Crippen LogP contribution < -0.4 is 5.32 Å². The highest BCUT2D eigenvalue weighted by Gasteiger charge is 2.09. The molecule has 0 unspecified atom stereocenters. The molecule has 0 fully saturated rings. The fourth-order valence-corrected chi connectivity index (χ4v) is 1.57. The highest BCUT2D eigenvalue weighted by atomic mass is 32.1. The highest BCUT2D eigenvalue weighted by molar-refractivity contribution is 7.10. The Morgan fingerprint density at radius 2 is 2.35 bits per heavy atom. The summed E-state index contributed by atoms with van der Waals surface area (Å²) in [7, 11) is 0. The van der Waals surface area contributed by atoms with Crippen molar-refractivity contribution in [1.82, 2.24) is 10.3 Å². The first-order chi connectivity index (χ1) is 8.13. The molecule has 1 heterocycles. The van der Waals surface area contributed by atoms with E-state index < -0.39 is 5.97 Å². The van der Waals surface area contributed by atoms with Gasteiger partial charge in [0, 0.05) is 12.3 Å². The normalized spacial score (nSPS) is 9.06. The molecule has 0 saturated carbocycles. The number of hydrogen-bond acceptors (Lipinski definition) is 5. The van der Waals surface area contributed by atoms with Gasteiger partial charge in [0.25, 0.3) is 0 Å². The quantitative estimate of drug-likeness (QED) is 0.638. The van der Waals surface area contributed by atoms with Crippen LogP contribution in [-0.4, -0.2) is 30.0 Å². The molecule has 0 aliphatic carbocycles. The van der Waals surface area contributed by atoms with Crippen LogP contribution in [0.1, 0.15) is 29.3 Å². The number of hydrogen-bond donors (Lipinski definition) is 1. The lowest BCUT2D eigenvalue weighted by molar-refractivity contribution is -0.118. The maximum absolute atomic E-state index is 11.3. The van der Waals surface area contributed by atoms with Gasteiger partial charge in [-0.15, -0.1) is 11.3 Å². The van der Waals surface area contributed by atoms with E-state index in [1.54, 1.807) is 12.3 Å². The molecule has 0 aliphatic rings. The van der Waals surface area contributed by atoms with Gasteiger partial charge in [0.2, 0.25) is 5.91 Å². The molecule has 1 amide bonds. The van der Waals surface area contributed by atoms with Gasteiger partial charge in [-0.05, 0) is 12.8 Å². The largest absolute Gasteiger partial charge is 0.461 e. The molecule has 0 aliphatic heterocycles. The standard InChI is InChI=1S/C11H12N2O3S/c1-3-16-11(15)9-7-17-10(13-9)5-4-6-12-8(2)14/h7H,3,6H2,1-2H3,(H,12,14). The number of carbonyl (C=O) groups excluding carboxylic acids is 2. The van der Waals surface area contributed by atoms with Crippen LogP contribution in [-0.2, 0) is 9.53 Å². The third-order valence-corrected chi connectivity index (χ3v) is 2.37. The van der Waals surface area contributed by atoms with E-state index in [-0.39, 0.29) is 18.1 Å². The molecular weight excluding hydrogens is 240 g/mol. The van der Waals surface area contributed by atoms with Crippen molar-refractivity contribution in [3.8, 4) is 11.8 Å². The van der Waals surface area contributed by atoms with Crippen molar-refractivity contribution in [3.05, 3.63) is 16.1 Å². The number of amides is 1. The summed E-state index contributed by atoms with van der Waals surface area (Å²) < 4.78 is 4.80. The van der Waals surface area contributed by atoms with Crippen LogP contribution in [0.15, 0.2) is 5.38 Å². The van der Waals surface area contributed by atoms with E-state index in [9.17, 15) is 9.59 Å². The van der Waals surface area contributed by atoms with Crippen molar-refractivity contribution in [3.63, 3.8) is 0 Å². The van der Waals surface area contributed by atoms with Gasteiger partial charge in [0.1, 0.15) is 0 Å². The molecule has 1 rings (SSSR count). The number of carbonyl (C=O) groups is 2. The lowest BCUT2D eigenvalue weighted by Gasteiger charge is -1.95. The van der Waals surface area contributed by atoms with Crippen molar-refractivity contribution in [1.29, 1.82) is 0 Å². The Morgan fingerprint density at radius 3 is 3.00 bits per heavy atom. The van der Waals surface area contributed by atoms with E-state index in [1.807, 2.05) is 0 Å². The van der Waals surface area contributed by atoms with Gasteiger partial charge in [-0.2, -0.15) is 0 Å². The minimum atomic E-state index is -0.446. The predicted octanol–water partition coefficient (Wildman–Crippen LogP) is 0.807. The number of thiazole rings is 1. The van der Waals surface area contributed by atoms with Gasteiger partial charge in [0.15, 0.2) is 10.7 Å². The van der Waals surface area contributed by atoms with Gasteiger partial charge in [-0.1, -0.05) is 5.92 Å². The summed E-state index contributed by atoms with van der Waals surface area (Å²) in [5.74, 6) is 4.90. The molecule has 0 spiro atoms. The molecule has 6 heteroatoms. The van der Waals surface area contributed by atoms with Gasteiger partial charge in [0.05, 0.1) is 13.2 Å². The van der Waals surface area contributed by atoms with Gasteiger partial charge in [-0.25, -0.2) is 9.78 Å². The Bertz CT molecular complexity index is 471. The van der Waals surface area contributed by atoms with Gasteiger partial charge >= 0.3 is 5.97 Å². The Morgan fingerprint density at radius 1 is 1.59 bits per heavy atom. The van der Waals surface area contributed by atoms with Crippen LogP contribution >= 0.6 is 11.3 Å². The fraction of sp³-hybridized carbons (Fsp3) is 0.364. The van der Waals surface area contributed by atoms with Crippen LogP contribution in [0.4, 0.5) is 0 Å². The molecule has 1 N–H and O–H groups in total. The summed E-state index contributed by atoms with van der Waals surface area (Å²) in [6.07, 6.45) is 0. The summed E-state index contributed by atoms with van der Waals surface area (Å²) >= 11 is 1.26. The van der Waals surface area contributed by atoms with E-state index in [4.69, 9.17) is 4.74 Å². The second-order valence-corrected chi connectivity index (χ2v) is 3.83. The van der Waals surface area contributed by atoms with Crippen LogP contribution in [0.25, 0.3) is 0 Å². The molecule has 5 nitrogen and oxygen atoms in total. The summed E-state index contributed by atoms with van der Waals surface area (Å²) in [6, 6.07) is 0. The zero-order valence-corrected chi connectivity index (χ0v) is 10.4. The third-order valence-electron chi connectivity index (χ3n) is 1.61. The Hall–Kier alpha value is -1.87. The molecule has 1 aromatic rings. The lowest BCUT2D eigenvalue weighted by Crippen LogP contribution is -2.19. The molecule has 0 saturated heterocycles. The van der Waals surface area contributed by atoms with Crippen molar-refractivity contribution in [2.75, 3.05) is 13.2 Å². The SMILES string of the molecule is CCOC(=O)c1csc(C#CCNC(C)=O)n1. The number of aromatic nitrogens is 1. The Labute approximate surface area is 103 Å². The molecular formula is C11H12N2O3S. The summed E-state index contributed by atoms with van der Waals surface area (Å²) in [5.41, 5.74) is 0.265. The zero-order valence-electron chi connectivity index (χ0n) is 9.57. The topological polar surface area (TPSA) is 68.3 Å². The van der Waals surface area contributed by atoms with Crippen molar-refractivity contribution >= 4 is 23.2 Å². The average molecular weight is 252 g/mol. The van der Waals surface area contributed by atoms with E-state index in [2.05, 4.69) is 22.1 Å². The van der Waals surface area contributed by atoms with E-state index in [0.717, 1.165) is 0 Å². The van der Waals surface area contributed by atoms with E-state index in [1.165, 1.54) is 18.3 Å². The first-order valence-corrected chi connectivity index (χ1v) is 5.87. The lowest BCUT2D eigenvalue weighted by atomic mass is 10.5. The maximum atomic E-state index is 11.3. The first-order valence-electron chi connectivity index (χ1n) is 4.99. The summed E-state index contributed by atoms with van der Waals surface area (Å²) in [4.78, 5) is 25.9. The van der Waals surface area contributed by atoms with Gasteiger partial charge < -0.3 is 10.1 Å². The number of ether oxygens (including phenoxy) is 1. The third kappa shape index (κ3) is 4.66. The summed E-state index contributed by atoms with van der Waals surface area (Å²) in [6.45, 7) is 3.74. The predicted molar refractivity (Wildman–Crippen MR) is 63.6 cm³/mol. The number of esters is 1. The zero-order chi connectivity index (χ0) is 12.7. The number of rotatable bonds is 3. The maximum Gasteiger partial charge on any atom is 0.357 e. The highest BCUT2D eigenvalue weighted by Crippen LogP contribution is 2.09. The second kappa shape index (κ2) is 6.66. The molecule has 1 aromatic heterocycles. The monoisotopic (exact) mass is 252 g/mol. The van der Waals surface area contributed by atoms with Crippen molar-refractivity contribution < 1.29 is 14.3 Å². The van der Waals surface area contributed by atoms with Crippen molar-refractivity contribution in [2.24, 2.45) is 0 Å². The molecule has 90 valence electrons.